The molecule has 3 heteroatoms. The molecule has 0 saturated heterocycles. The van der Waals surface area contributed by atoms with Gasteiger partial charge < -0.3 is 8.83 Å². The van der Waals surface area contributed by atoms with Crippen molar-refractivity contribution < 1.29 is 8.83 Å². The van der Waals surface area contributed by atoms with Gasteiger partial charge in [-0.25, -0.2) is 0 Å². The average molecular weight is 683 g/mol. The topological polar surface area (TPSA) is 26.3 Å². The van der Waals surface area contributed by atoms with Crippen LogP contribution in [-0.2, 0) is 0 Å². The predicted molar refractivity (Wildman–Crippen MR) is 216 cm³/mol. The minimum Gasteiger partial charge on any atom is -0.462 e. The molecule has 2 aliphatic carbocycles. The molecule has 0 saturated carbocycles. The minimum absolute atomic E-state index is 0.275. The summed E-state index contributed by atoms with van der Waals surface area (Å²) in [4.78, 5) is 0. The van der Waals surface area contributed by atoms with Crippen molar-refractivity contribution >= 4 is 32.8 Å². The summed E-state index contributed by atoms with van der Waals surface area (Å²) in [7, 11) is 0.748. The van der Waals surface area contributed by atoms with Crippen molar-refractivity contribution in [1.29, 1.82) is 0 Å². The second kappa shape index (κ2) is 13.0. The van der Waals surface area contributed by atoms with Crippen LogP contribution in [0.3, 0.4) is 0 Å². The molecule has 51 heavy (non-hydrogen) atoms. The van der Waals surface area contributed by atoms with E-state index in [-0.39, 0.29) is 11.8 Å². The number of fused-ring (bicyclic) bond motifs is 2. The highest BCUT2D eigenvalue weighted by Gasteiger charge is 2.34. The van der Waals surface area contributed by atoms with Gasteiger partial charge in [0, 0.05) is 32.5 Å². The van der Waals surface area contributed by atoms with Crippen molar-refractivity contribution in [3.05, 3.63) is 164 Å². The van der Waals surface area contributed by atoms with Gasteiger partial charge in [0.2, 0.25) is 0 Å². The van der Waals surface area contributed by atoms with Gasteiger partial charge in [-0.15, -0.1) is 0 Å². The monoisotopic (exact) mass is 682 g/mol. The highest BCUT2D eigenvalue weighted by molar-refractivity contribution is 6.37. The normalized spacial score (nSPS) is 16.3. The van der Waals surface area contributed by atoms with E-state index < -0.39 is 0 Å². The number of furan rings is 2. The molecule has 0 bridgehead atoms. The lowest BCUT2D eigenvalue weighted by molar-refractivity contribution is 0.518. The fourth-order valence-corrected chi connectivity index (χ4v) is 10.4. The molecule has 2 aliphatic rings. The summed E-state index contributed by atoms with van der Waals surface area (Å²) >= 11 is 0. The van der Waals surface area contributed by atoms with Gasteiger partial charge in [-0.05, 0) is 160 Å². The molecule has 2 atom stereocenters. The van der Waals surface area contributed by atoms with Crippen LogP contribution in [0.25, 0.3) is 45.6 Å². The fraction of sp³-hybridized carbons (Fsp3) is 0.250. The summed E-state index contributed by atoms with van der Waals surface area (Å²) in [5, 5.41) is 0. The van der Waals surface area contributed by atoms with Crippen LogP contribution in [0.4, 0.5) is 0 Å². The van der Waals surface area contributed by atoms with Crippen LogP contribution < -0.4 is 0 Å². The maximum Gasteiger partial charge on any atom is 0.130 e. The fourth-order valence-electron chi connectivity index (χ4n) is 8.74. The van der Waals surface area contributed by atoms with Crippen molar-refractivity contribution in [3.8, 4) is 22.3 Å². The van der Waals surface area contributed by atoms with E-state index in [4.69, 9.17) is 8.83 Å². The lowest BCUT2D eigenvalue weighted by atomic mass is 9.89. The predicted octanol–water partition coefficient (Wildman–Crippen LogP) is 13.2. The van der Waals surface area contributed by atoms with Gasteiger partial charge in [0.15, 0.2) is 0 Å². The molecular weight excluding hydrogens is 637 g/mol. The zero-order valence-electron chi connectivity index (χ0n) is 31.1. The smallest absolute Gasteiger partial charge is 0.130 e. The van der Waals surface area contributed by atoms with E-state index in [1.54, 1.807) is 0 Å². The van der Waals surface area contributed by atoms with E-state index in [1.165, 1.54) is 89.0 Å². The number of benzene rings is 4. The maximum absolute atomic E-state index is 6.34. The summed E-state index contributed by atoms with van der Waals surface area (Å²) in [5.41, 5.74) is 21.3. The standard InChI is InChI=1S/C48H46O2Si/c1-27-17-28(2)20-35(19-27)47-31(5)9-13-37-41(47)23-39(45-15-11-33(7)49-45)43(37)25-51-26-44-38-14-10-32(6)48(36-21-29(3)18-30(4)22-36)42(38)24-40(44)46-16-12-34(8)50-46/h9-24,43-44H,25-26H2,1-8H3. The van der Waals surface area contributed by atoms with Gasteiger partial charge in [0.05, 0.1) is 0 Å². The van der Waals surface area contributed by atoms with E-state index in [0.29, 0.717) is 0 Å². The summed E-state index contributed by atoms with van der Waals surface area (Å²) in [5.74, 6) is 4.45. The molecular formula is C48H46O2Si. The van der Waals surface area contributed by atoms with Crippen LogP contribution >= 0.6 is 0 Å². The number of rotatable bonds is 8. The molecule has 2 unspecified atom stereocenters. The minimum atomic E-state index is 0.275. The first-order valence-corrected chi connectivity index (χ1v) is 19.7. The van der Waals surface area contributed by atoms with E-state index in [9.17, 15) is 0 Å². The van der Waals surface area contributed by atoms with Crippen LogP contribution in [0.5, 0.6) is 0 Å². The Balaban J connectivity index is 1.17. The van der Waals surface area contributed by atoms with Crippen molar-refractivity contribution in [2.24, 2.45) is 0 Å². The third-order valence-electron chi connectivity index (χ3n) is 10.8. The van der Waals surface area contributed by atoms with Crippen molar-refractivity contribution in [1.82, 2.24) is 0 Å². The second-order valence-corrected chi connectivity index (χ2v) is 16.4. The van der Waals surface area contributed by atoms with Gasteiger partial charge in [-0.1, -0.05) is 82.9 Å². The van der Waals surface area contributed by atoms with E-state index >= 15 is 0 Å². The van der Waals surface area contributed by atoms with Gasteiger partial charge in [0.25, 0.3) is 0 Å². The molecule has 0 fully saturated rings. The third kappa shape index (κ3) is 6.12. The van der Waals surface area contributed by atoms with Crippen molar-refractivity contribution in [2.45, 2.75) is 79.3 Å². The van der Waals surface area contributed by atoms with Gasteiger partial charge in [-0.3, -0.25) is 0 Å². The Hall–Kier alpha value is -4.86. The lowest BCUT2D eigenvalue weighted by Gasteiger charge is -2.21. The number of aryl methyl sites for hydroxylation is 8. The van der Waals surface area contributed by atoms with E-state index in [2.05, 4.69) is 139 Å². The van der Waals surface area contributed by atoms with Gasteiger partial charge >= 0.3 is 0 Å². The molecule has 0 spiro atoms. The molecule has 0 N–H and O–H groups in total. The molecule has 2 heterocycles. The zero-order chi connectivity index (χ0) is 35.6. The molecule has 6 aromatic rings. The van der Waals surface area contributed by atoms with Crippen molar-refractivity contribution in [2.75, 3.05) is 0 Å². The Bertz CT molecular complexity index is 2180. The molecule has 4 aromatic carbocycles. The van der Waals surface area contributed by atoms with E-state index in [1.807, 2.05) is 13.8 Å². The first kappa shape index (κ1) is 33.3. The quantitative estimate of drug-likeness (QED) is 0.149. The van der Waals surface area contributed by atoms with Gasteiger partial charge in [0.1, 0.15) is 23.0 Å². The lowest BCUT2D eigenvalue weighted by Crippen LogP contribution is -2.08. The average Bonchev–Trinajstić information content (AvgIpc) is 3.85. The Morgan fingerprint density at radius 3 is 1.22 bits per heavy atom. The van der Waals surface area contributed by atoms with Crippen molar-refractivity contribution in [3.63, 3.8) is 0 Å². The Morgan fingerprint density at radius 1 is 0.471 bits per heavy atom. The molecule has 0 amide bonds. The highest BCUT2D eigenvalue weighted by Crippen LogP contribution is 2.51. The Kier molecular flexibility index (Phi) is 8.51. The summed E-state index contributed by atoms with van der Waals surface area (Å²) in [6, 6.07) is 34.0. The molecule has 0 aliphatic heterocycles. The first-order chi connectivity index (χ1) is 24.5. The van der Waals surface area contributed by atoms with Gasteiger partial charge in [-0.2, -0.15) is 0 Å². The Labute approximate surface area is 305 Å². The number of allylic oxidation sites excluding steroid dienone is 2. The maximum atomic E-state index is 6.34. The summed E-state index contributed by atoms with van der Waals surface area (Å²) in [6.07, 6.45) is 4.87. The Morgan fingerprint density at radius 2 is 0.863 bits per heavy atom. The van der Waals surface area contributed by atoms with Crippen LogP contribution in [0.1, 0.15) is 90.5 Å². The SMILES string of the molecule is Cc1cc(C)cc(-c2c(C)ccc3c2C=C(c2ccc(C)o2)C3C[Si]CC2C(c3ccc(C)o3)=Cc3c2ccc(C)c3-c2cc(C)cc(C)c2)c1. The van der Waals surface area contributed by atoms with E-state index in [0.717, 1.165) is 44.6 Å². The first-order valence-electron chi connectivity index (χ1n) is 18.3. The number of hydrogen-bond acceptors (Lipinski definition) is 2. The molecule has 8 rings (SSSR count). The molecule has 2 nitrogen and oxygen atoms in total. The summed E-state index contributed by atoms with van der Waals surface area (Å²) in [6.45, 7) is 17.4. The molecule has 254 valence electrons. The van der Waals surface area contributed by atoms with Crippen LogP contribution in [0.15, 0.2) is 93.8 Å². The highest BCUT2D eigenvalue weighted by atomic mass is 28.2. The molecule has 2 radical (unpaired) electrons. The number of hydrogen-bond donors (Lipinski definition) is 0. The molecule has 2 aromatic heterocycles. The van der Waals surface area contributed by atoms with Crippen LogP contribution in [-0.4, -0.2) is 9.52 Å². The zero-order valence-corrected chi connectivity index (χ0v) is 32.1. The van der Waals surface area contributed by atoms with Crippen LogP contribution in [0.2, 0.25) is 12.1 Å². The third-order valence-corrected chi connectivity index (χ3v) is 12.2. The summed E-state index contributed by atoms with van der Waals surface area (Å²) < 4.78 is 12.7. The van der Waals surface area contributed by atoms with Crippen LogP contribution in [0, 0.1) is 55.4 Å². The second-order valence-electron chi connectivity index (χ2n) is 15.1. The largest absolute Gasteiger partial charge is 0.462 e.